The number of ether oxygens (including phenoxy) is 1. The van der Waals surface area contributed by atoms with Crippen molar-refractivity contribution < 1.29 is 4.74 Å². The van der Waals surface area contributed by atoms with Crippen molar-refractivity contribution >= 4 is 0 Å². The molecule has 0 radical (unpaired) electrons. The average Bonchev–Trinajstić information content (AvgIpc) is 2.88. The van der Waals surface area contributed by atoms with Gasteiger partial charge in [0.2, 0.25) is 0 Å². The van der Waals surface area contributed by atoms with Crippen molar-refractivity contribution in [2.24, 2.45) is 11.7 Å². The molecular formula is C17H26N2O. The van der Waals surface area contributed by atoms with Gasteiger partial charge in [-0.15, -0.1) is 0 Å². The van der Waals surface area contributed by atoms with Crippen LogP contribution in [-0.4, -0.2) is 43.8 Å². The molecule has 1 aromatic rings. The summed E-state index contributed by atoms with van der Waals surface area (Å²) in [4.78, 5) is 2.53. The third kappa shape index (κ3) is 2.62. The first-order chi connectivity index (χ1) is 9.73. The third-order valence-electron chi connectivity index (χ3n) is 5.22. The van der Waals surface area contributed by atoms with E-state index in [9.17, 15) is 0 Å². The predicted octanol–water partition coefficient (Wildman–Crippen LogP) is 1.84. The number of nitrogens with two attached hydrogens (primary N) is 1. The van der Waals surface area contributed by atoms with Gasteiger partial charge in [0.15, 0.2) is 0 Å². The van der Waals surface area contributed by atoms with E-state index >= 15 is 0 Å². The Morgan fingerprint density at radius 3 is 2.35 bits per heavy atom. The van der Waals surface area contributed by atoms with Crippen molar-refractivity contribution in [2.75, 3.05) is 33.4 Å². The van der Waals surface area contributed by atoms with E-state index in [0.29, 0.717) is 0 Å². The molecule has 1 heterocycles. The molecule has 1 saturated heterocycles. The second-order valence-electron chi connectivity index (χ2n) is 6.49. The van der Waals surface area contributed by atoms with Crippen LogP contribution in [0, 0.1) is 5.92 Å². The van der Waals surface area contributed by atoms with Gasteiger partial charge < -0.3 is 10.5 Å². The van der Waals surface area contributed by atoms with Crippen LogP contribution in [0.15, 0.2) is 24.3 Å². The van der Waals surface area contributed by atoms with E-state index in [-0.39, 0.29) is 5.54 Å². The molecule has 2 aliphatic rings. The van der Waals surface area contributed by atoms with Gasteiger partial charge in [-0.05, 0) is 49.8 Å². The van der Waals surface area contributed by atoms with Gasteiger partial charge in [-0.2, -0.15) is 0 Å². The van der Waals surface area contributed by atoms with Gasteiger partial charge >= 0.3 is 0 Å². The molecule has 0 atom stereocenters. The number of benzene rings is 1. The molecule has 1 fully saturated rings. The van der Waals surface area contributed by atoms with E-state index in [2.05, 4.69) is 36.2 Å². The van der Waals surface area contributed by atoms with Gasteiger partial charge in [0, 0.05) is 31.8 Å². The van der Waals surface area contributed by atoms with Crippen molar-refractivity contribution in [1.29, 1.82) is 0 Å². The Balaban J connectivity index is 1.70. The van der Waals surface area contributed by atoms with Crippen molar-refractivity contribution in [2.45, 2.75) is 31.2 Å². The van der Waals surface area contributed by atoms with Crippen LogP contribution < -0.4 is 5.73 Å². The number of hydrogen-bond acceptors (Lipinski definition) is 3. The van der Waals surface area contributed by atoms with Crippen molar-refractivity contribution in [3.8, 4) is 0 Å². The molecule has 0 saturated carbocycles. The fraction of sp³-hybridized carbons (Fsp3) is 0.647. The monoisotopic (exact) mass is 274 g/mol. The minimum atomic E-state index is 0.127. The Morgan fingerprint density at radius 2 is 1.80 bits per heavy atom. The van der Waals surface area contributed by atoms with E-state index in [1.54, 1.807) is 0 Å². The molecule has 2 N–H and O–H groups in total. The molecule has 0 unspecified atom stereocenters. The second kappa shape index (κ2) is 5.84. The fourth-order valence-electron chi connectivity index (χ4n) is 3.75. The molecule has 0 amide bonds. The topological polar surface area (TPSA) is 38.5 Å². The second-order valence-corrected chi connectivity index (χ2v) is 6.49. The molecule has 20 heavy (non-hydrogen) atoms. The summed E-state index contributed by atoms with van der Waals surface area (Å²) in [5, 5.41) is 0. The van der Waals surface area contributed by atoms with Gasteiger partial charge in [-0.3, -0.25) is 4.90 Å². The standard InChI is InChI=1S/C17H26N2O/c1-19(12-14-6-8-20-9-7-14)17(13-18)10-15-4-2-3-5-16(15)11-17/h2-5,14H,6-13,18H2,1H3. The van der Waals surface area contributed by atoms with Crippen LogP contribution >= 0.6 is 0 Å². The molecule has 3 nitrogen and oxygen atoms in total. The highest BCUT2D eigenvalue weighted by Gasteiger charge is 2.40. The normalized spacial score (nSPS) is 22.1. The maximum Gasteiger partial charge on any atom is 0.0469 e. The molecule has 1 aliphatic heterocycles. The summed E-state index contributed by atoms with van der Waals surface area (Å²) >= 11 is 0. The zero-order chi connectivity index (χ0) is 14.0. The highest BCUT2D eigenvalue weighted by molar-refractivity contribution is 5.36. The Bertz CT molecular complexity index is 429. The van der Waals surface area contributed by atoms with Gasteiger partial charge in [0.25, 0.3) is 0 Å². The quantitative estimate of drug-likeness (QED) is 0.910. The summed E-state index contributed by atoms with van der Waals surface area (Å²) in [5.74, 6) is 0.765. The maximum atomic E-state index is 6.19. The number of fused-ring (bicyclic) bond motifs is 1. The molecular weight excluding hydrogens is 248 g/mol. The summed E-state index contributed by atoms with van der Waals surface area (Å²) in [7, 11) is 2.26. The first-order valence-corrected chi connectivity index (χ1v) is 7.79. The molecule has 0 bridgehead atoms. The zero-order valence-electron chi connectivity index (χ0n) is 12.5. The molecule has 0 aromatic heterocycles. The molecule has 3 heteroatoms. The van der Waals surface area contributed by atoms with Crippen LogP contribution in [0.4, 0.5) is 0 Å². The number of likely N-dealkylation sites (N-methyl/N-ethyl adjacent to an activating group) is 1. The zero-order valence-corrected chi connectivity index (χ0v) is 12.5. The highest BCUT2D eigenvalue weighted by atomic mass is 16.5. The van der Waals surface area contributed by atoms with Crippen LogP contribution in [0.1, 0.15) is 24.0 Å². The minimum Gasteiger partial charge on any atom is -0.381 e. The first kappa shape index (κ1) is 14.1. The van der Waals surface area contributed by atoms with E-state index in [1.165, 1.54) is 24.0 Å². The fourth-order valence-corrected chi connectivity index (χ4v) is 3.75. The summed E-state index contributed by atoms with van der Waals surface area (Å²) < 4.78 is 5.47. The third-order valence-corrected chi connectivity index (χ3v) is 5.22. The van der Waals surface area contributed by atoms with Crippen molar-refractivity contribution in [3.05, 3.63) is 35.4 Å². The van der Waals surface area contributed by atoms with Crippen LogP contribution in [0.2, 0.25) is 0 Å². The lowest BCUT2D eigenvalue weighted by Crippen LogP contribution is -2.54. The number of hydrogen-bond donors (Lipinski definition) is 1. The highest BCUT2D eigenvalue weighted by Crippen LogP contribution is 2.34. The van der Waals surface area contributed by atoms with E-state index in [4.69, 9.17) is 10.5 Å². The lowest BCUT2D eigenvalue weighted by Gasteiger charge is -2.40. The minimum absolute atomic E-state index is 0.127. The Hall–Kier alpha value is -0.900. The smallest absolute Gasteiger partial charge is 0.0469 e. The molecule has 3 rings (SSSR count). The first-order valence-electron chi connectivity index (χ1n) is 7.79. The van der Waals surface area contributed by atoms with E-state index < -0.39 is 0 Å². The summed E-state index contributed by atoms with van der Waals surface area (Å²) in [6.45, 7) is 3.73. The lowest BCUT2D eigenvalue weighted by atomic mass is 9.91. The maximum absolute atomic E-state index is 6.19. The van der Waals surface area contributed by atoms with Gasteiger partial charge in [-0.1, -0.05) is 24.3 Å². The van der Waals surface area contributed by atoms with Crippen LogP contribution in [0.25, 0.3) is 0 Å². The Labute approximate surface area is 122 Å². The lowest BCUT2D eigenvalue weighted by molar-refractivity contribution is 0.0361. The van der Waals surface area contributed by atoms with Gasteiger partial charge in [0.1, 0.15) is 0 Å². The largest absolute Gasteiger partial charge is 0.381 e. The molecule has 1 aliphatic carbocycles. The van der Waals surface area contributed by atoms with Crippen LogP contribution in [0.3, 0.4) is 0 Å². The van der Waals surface area contributed by atoms with Gasteiger partial charge in [-0.25, -0.2) is 0 Å². The number of nitrogens with zero attached hydrogens (tertiary/aromatic N) is 1. The molecule has 110 valence electrons. The summed E-state index contributed by atoms with van der Waals surface area (Å²) in [5.41, 5.74) is 9.28. The SMILES string of the molecule is CN(CC1CCOCC1)C1(CN)Cc2ccccc2C1. The summed E-state index contributed by atoms with van der Waals surface area (Å²) in [6.07, 6.45) is 4.58. The molecule has 1 aromatic carbocycles. The average molecular weight is 274 g/mol. The van der Waals surface area contributed by atoms with E-state index in [0.717, 1.165) is 45.1 Å². The Morgan fingerprint density at radius 1 is 1.20 bits per heavy atom. The number of rotatable bonds is 4. The van der Waals surface area contributed by atoms with Crippen molar-refractivity contribution in [3.63, 3.8) is 0 Å². The Kier molecular flexibility index (Phi) is 4.11. The van der Waals surface area contributed by atoms with Crippen LogP contribution in [0.5, 0.6) is 0 Å². The van der Waals surface area contributed by atoms with Crippen molar-refractivity contribution in [1.82, 2.24) is 4.90 Å². The van der Waals surface area contributed by atoms with Crippen LogP contribution in [-0.2, 0) is 17.6 Å². The predicted molar refractivity (Wildman–Crippen MR) is 81.8 cm³/mol. The van der Waals surface area contributed by atoms with Gasteiger partial charge in [0.05, 0.1) is 0 Å². The molecule has 0 spiro atoms. The van der Waals surface area contributed by atoms with E-state index in [1.807, 2.05) is 0 Å². The summed E-state index contributed by atoms with van der Waals surface area (Å²) in [6, 6.07) is 8.80.